The van der Waals surface area contributed by atoms with E-state index in [1.54, 1.807) is 6.20 Å². The largest absolute Gasteiger partial charge is 0.487 e. The number of fused-ring (bicyclic) bond motifs is 1. The van der Waals surface area contributed by atoms with Crippen molar-refractivity contribution in [3.63, 3.8) is 0 Å². The predicted molar refractivity (Wildman–Crippen MR) is 78.5 cm³/mol. The lowest BCUT2D eigenvalue weighted by molar-refractivity contribution is 0.307. The van der Waals surface area contributed by atoms with Crippen LogP contribution in [-0.4, -0.2) is 4.98 Å². The maximum Gasteiger partial charge on any atom is 0.139 e. The van der Waals surface area contributed by atoms with Crippen LogP contribution in [0.4, 0.5) is 5.69 Å². The molecule has 3 rings (SSSR count). The Hall–Kier alpha value is -2.13. The van der Waals surface area contributed by atoms with Crippen LogP contribution in [0.1, 0.15) is 5.56 Å². The van der Waals surface area contributed by atoms with Gasteiger partial charge >= 0.3 is 0 Å². The quantitative estimate of drug-likeness (QED) is 0.758. The van der Waals surface area contributed by atoms with Crippen molar-refractivity contribution in [1.82, 2.24) is 4.98 Å². The Balaban J connectivity index is 1.88. The summed E-state index contributed by atoms with van der Waals surface area (Å²) in [6.07, 6.45) is 1.75. The van der Waals surface area contributed by atoms with E-state index in [2.05, 4.69) is 4.98 Å². The molecule has 3 N–H and O–H groups in total. The highest BCUT2D eigenvalue weighted by Crippen LogP contribution is 2.32. The molecule has 0 aliphatic carbocycles. The molecular formula is C15H13ClN2O. The number of ether oxygens (including phenoxy) is 1. The van der Waals surface area contributed by atoms with E-state index in [-0.39, 0.29) is 0 Å². The number of halogens is 1. The second-order valence-corrected chi connectivity index (χ2v) is 4.75. The number of benzene rings is 2. The molecule has 0 unspecified atom stereocenters. The van der Waals surface area contributed by atoms with Crippen molar-refractivity contribution >= 4 is 28.2 Å². The second-order valence-electron chi connectivity index (χ2n) is 4.35. The van der Waals surface area contributed by atoms with E-state index in [1.807, 2.05) is 42.5 Å². The summed E-state index contributed by atoms with van der Waals surface area (Å²) in [5, 5.41) is 1.50. The molecule has 0 fully saturated rings. The van der Waals surface area contributed by atoms with Gasteiger partial charge in [0.2, 0.25) is 0 Å². The molecule has 4 heteroatoms. The Morgan fingerprint density at radius 3 is 2.74 bits per heavy atom. The van der Waals surface area contributed by atoms with E-state index < -0.39 is 0 Å². The van der Waals surface area contributed by atoms with Crippen LogP contribution in [0, 0.1) is 0 Å². The number of nitrogen functional groups attached to an aromatic ring is 1. The monoisotopic (exact) mass is 272 g/mol. The van der Waals surface area contributed by atoms with Crippen LogP contribution in [0.15, 0.2) is 48.7 Å². The Morgan fingerprint density at radius 2 is 1.95 bits per heavy atom. The van der Waals surface area contributed by atoms with Gasteiger partial charge in [-0.15, -0.1) is 0 Å². The summed E-state index contributed by atoms with van der Waals surface area (Å²) in [5.41, 5.74) is 8.57. The van der Waals surface area contributed by atoms with Crippen LogP contribution in [0.2, 0.25) is 5.02 Å². The van der Waals surface area contributed by atoms with Crippen LogP contribution in [0.5, 0.6) is 5.75 Å². The normalized spacial score (nSPS) is 10.8. The number of rotatable bonds is 3. The van der Waals surface area contributed by atoms with E-state index in [0.29, 0.717) is 23.1 Å². The van der Waals surface area contributed by atoms with Crippen molar-refractivity contribution in [2.45, 2.75) is 6.61 Å². The molecule has 0 bridgehead atoms. The average molecular weight is 273 g/mol. The smallest absolute Gasteiger partial charge is 0.139 e. The maximum absolute atomic E-state index is 6.19. The molecule has 1 heterocycles. The number of hydrogen-bond acceptors (Lipinski definition) is 2. The lowest BCUT2D eigenvalue weighted by Gasteiger charge is -2.08. The highest BCUT2D eigenvalue weighted by Gasteiger charge is 2.08. The third kappa shape index (κ3) is 2.37. The number of nitrogens with one attached hydrogen (secondary N) is 1. The summed E-state index contributed by atoms with van der Waals surface area (Å²) in [4.78, 5) is 3.06. The molecule has 0 amide bonds. The fraction of sp³-hybridized carbons (Fsp3) is 0.0667. The lowest BCUT2D eigenvalue weighted by atomic mass is 10.2. The topological polar surface area (TPSA) is 51.0 Å². The van der Waals surface area contributed by atoms with Crippen LogP contribution in [0.25, 0.3) is 10.9 Å². The Labute approximate surface area is 116 Å². The third-order valence-corrected chi connectivity index (χ3v) is 3.30. The summed E-state index contributed by atoms with van der Waals surface area (Å²) in [6.45, 7) is 0.483. The fourth-order valence-electron chi connectivity index (χ4n) is 1.99. The average Bonchev–Trinajstić information content (AvgIpc) is 2.78. The van der Waals surface area contributed by atoms with Crippen LogP contribution >= 0.6 is 11.6 Å². The van der Waals surface area contributed by atoms with Gasteiger partial charge in [0, 0.05) is 17.1 Å². The molecule has 3 nitrogen and oxygen atoms in total. The summed E-state index contributed by atoms with van der Waals surface area (Å²) >= 11 is 6.19. The highest BCUT2D eigenvalue weighted by molar-refractivity contribution is 6.33. The summed E-state index contributed by atoms with van der Waals surface area (Å²) in [6, 6.07) is 13.7. The predicted octanol–water partition coefficient (Wildman–Crippen LogP) is 3.98. The standard InChI is InChI=1S/C15H13ClN2O/c16-12-7-14-11(13(17)8-18-14)6-15(12)19-9-10-4-2-1-3-5-10/h1-8,18H,9,17H2. The number of anilines is 1. The number of aromatic amines is 1. The highest BCUT2D eigenvalue weighted by atomic mass is 35.5. The molecule has 0 spiro atoms. The molecule has 0 aliphatic heterocycles. The van der Waals surface area contributed by atoms with Crippen molar-refractivity contribution < 1.29 is 4.74 Å². The molecule has 0 saturated carbocycles. The Kier molecular flexibility index (Phi) is 3.05. The summed E-state index contributed by atoms with van der Waals surface area (Å²) in [5.74, 6) is 0.643. The molecule has 3 aromatic rings. The Bertz CT molecular complexity index is 707. The maximum atomic E-state index is 6.19. The van der Waals surface area contributed by atoms with Crippen LogP contribution in [-0.2, 0) is 6.61 Å². The van der Waals surface area contributed by atoms with Crippen molar-refractivity contribution in [1.29, 1.82) is 0 Å². The minimum atomic E-state index is 0.483. The van der Waals surface area contributed by atoms with Crippen molar-refractivity contribution in [2.75, 3.05) is 5.73 Å². The zero-order valence-electron chi connectivity index (χ0n) is 10.2. The van der Waals surface area contributed by atoms with Gasteiger partial charge in [-0.25, -0.2) is 0 Å². The third-order valence-electron chi connectivity index (χ3n) is 3.00. The first-order valence-corrected chi connectivity index (χ1v) is 6.34. The van der Waals surface area contributed by atoms with Crippen molar-refractivity contribution in [3.8, 4) is 5.75 Å². The number of aromatic nitrogens is 1. The molecular weight excluding hydrogens is 260 g/mol. The lowest BCUT2D eigenvalue weighted by Crippen LogP contribution is -1.95. The number of hydrogen-bond donors (Lipinski definition) is 2. The zero-order valence-corrected chi connectivity index (χ0v) is 10.9. The molecule has 19 heavy (non-hydrogen) atoms. The van der Waals surface area contributed by atoms with Gasteiger partial charge in [0.15, 0.2) is 0 Å². The fourth-order valence-corrected chi connectivity index (χ4v) is 2.21. The number of nitrogens with two attached hydrogens (primary N) is 1. The number of H-pyrrole nitrogens is 1. The minimum Gasteiger partial charge on any atom is -0.487 e. The first-order chi connectivity index (χ1) is 9.24. The van der Waals surface area contributed by atoms with Gasteiger partial charge in [0.25, 0.3) is 0 Å². The molecule has 0 saturated heterocycles. The first-order valence-electron chi connectivity index (χ1n) is 5.97. The van der Waals surface area contributed by atoms with Gasteiger partial charge < -0.3 is 15.5 Å². The molecule has 96 valence electrons. The first kappa shape index (κ1) is 11.9. The molecule has 0 aliphatic rings. The zero-order chi connectivity index (χ0) is 13.2. The molecule has 2 aromatic carbocycles. The van der Waals surface area contributed by atoms with E-state index in [4.69, 9.17) is 22.1 Å². The summed E-state index contributed by atoms with van der Waals surface area (Å²) in [7, 11) is 0. The van der Waals surface area contributed by atoms with Crippen molar-refractivity contribution in [2.24, 2.45) is 0 Å². The van der Waals surface area contributed by atoms with E-state index in [1.165, 1.54) is 0 Å². The summed E-state index contributed by atoms with van der Waals surface area (Å²) < 4.78 is 5.75. The Morgan fingerprint density at radius 1 is 1.16 bits per heavy atom. The van der Waals surface area contributed by atoms with E-state index in [9.17, 15) is 0 Å². The molecule has 0 radical (unpaired) electrons. The van der Waals surface area contributed by atoms with Gasteiger partial charge in [-0.3, -0.25) is 0 Å². The van der Waals surface area contributed by atoms with Gasteiger partial charge in [-0.1, -0.05) is 41.9 Å². The van der Waals surface area contributed by atoms with E-state index >= 15 is 0 Å². The minimum absolute atomic E-state index is 0.483. The van der Waals surface area contributed by atoms with Gasteiger partial charge in [-0.05, 0) is 17.7 Å². The van der Waals surface area contributed by atoms with Crippen molar-refractivity contribution in [3.05, 3.63) is 59.2 Å². The molecule has 0 atom stereocenters. The van der Waals surface area contributed by atoms with Crippen LogP contribution < -0.4 is 10.5 Å². The molecule has 1 aromatic heterocycles. The van der Waals surface area contributed by atoms with Gasteiger partial charge in [0.1, 0.15) is 12.4 Å². The second kappa shape index (κ2) is 4.86. The van der Waals surface area contributed by atoms with Gasteiger partial charge in [0.05, 0.1) is 10.7 Å². The van der Waals surface area contributed by atoms with Gasteiger partial charge in [-0.2, -0.15) is 0 Å². The van der Waals surface area contributed by atoms with Crippen LogP contribution in [0.3, 0.4) is 0 Å². The SMILES string of the molecule is Nc1c[nH]c2cc(Cl)c(OCc3ccccc3)cc12. The van der Waals surface area contributed by atoms with E-state index in [0.717, 1.165) is 16.5 Å².